The quantitative estimate of drug-likeness (QED) is 0.843. The van der Waals surface area contributed by atoms with Crippen molar-refractivity contribution in [1.82, 2.24) is 9.97 Å². The molecular formula is C12H21BrN4O. The van der Waals surface area contributed by atoms with Crippen LogP contribution in [0.1, 0.15) is 27.2 Å². The number of halogens is 1. The third kappa shape index (κ3) is 4.42. The molecule has 2 N–H and O–H groups in total. The number of rotatable bonds is 6. The van der Waals surface area contributed by atoms with Gasteiger partial charge in [-0.15, -0.1) is 0 Å². The summed E-state index contributed by atoms with van der Waals surface area (Å²) in [5, 5.41) is 13.1. The molecule has 1 aromatic rings. The Morgan fingerprint density at radius 3 is 2.67 bits per heavy atom. The van der Waals surface area contributed by atoms with Gasteiger partial charge in [-0.1, -0.05) is 6.92 Å². The summed E-state index contributed by atoms with van der Waals surface area (Å²) in [5.74, 6) is 1.55. The highest BCUT2D eigenvalue weighted by Gasteiger charge is 2.19. The molecule has 0 saturated carbocycles. The predicted octanol–water partition coefficient (Wildman–Crippen LogP) is 2.27. The number of nitrogens with one attached hydrogen (secondary N) is 1. The second-order valence-corrected chi connectivity index (χ2v) is 5.75. The summed E-state index contributed by atoms with van der Waals surface area (Å²) in [5.41, 5.74) is -0.768. The highest BCUT2D eigenvalue weighted by atomic mass is 79.9. The Balaban J connectivity index is 2.89. The maximum Gasteiger partial charge on any atom is 0.148 e. The highest BCUT2D eigenvalue weighted by molar-refractivity contribution is 9.10. The summed E-state index contributed by atoms with van der Waals surface area (Å²) in [6.07, 6.45) is 2.56. The zero-order valence-corrected chi connectivity index (χ0v) is 13.0. The first-order chi connectivity index (χ1) is 8.35. The van der Waals surface area contributed by atoms with E-state index in [1.807, 2.05) is 11.9 Å². The topological polar surface area (TPSA) is 61.3 Å². The molecule has 0 spiro atoms. The van der Waals surface area contributed by atoms with Gasteiger partial charge in [0.1, 0.15) is 22.4 Å². The summed E-state index contributed by atoms with van der Waals surface area (Å²) in [7, 11) is 1.90. The van der Waals surface area contributed by atoms with E-state index in [-0.39, 0.29) is 0 Å². The van der Waals surface area contributed by atoms with Crippen LogP contribution < -0.4 is 10.2 Å². The number of anilines is 2. The Morgan fingerprint density at radius 2 is 2.11 bits per heavy atom. The highest BCUT2D eigenvalue weighted by Crippen LogP contribution is 2.29. The number of aromatic nitrogens is 2. The third-order valence-corrected chi connectivity index (χ3v) is 3.03. The normalized spacial score (nSPS) is 11.4. The number of aliphatic hydroxyl groups is 1. The molecule has 1 rings (SSSR count). The zero-order chi connectivity index (χ0) is 13.8. The van der Waals surface area contributed by atoms with Crippen molar-refractivity contribution < 1.29 is 5.11 Å². The molecule has 1 heterocycles. The van der Waals surface area contributed by atoms with Gasteiger partial charge in [0.05, 0.1) is 5.60 Å². The minimum Gasteiger partial charge on any atom is -0.389 e. The second kappa shape index (κ2) is 6.33. The van der Waals surface area contributed by atoms with Crippen LogP contribution >= 0.6 is 15.9 Å². The van der Waals surface area contributed by atoms with Gasteiger partial charge >= 0.3 is 0 Å². The zero-order valence-electron chi connectivity index (χ0n) is 11.4. The van der Waals surface area contributed by atoms with E-state index >= 15 is 0 Å². The summed E-state index contributed by atoms with van der Waals surface area (Å²) in [4.78, 5) is 10.4. The van der Waals surface area contributed by atoms with Crippen LogP contribution in [0.15, 0.2) is 10.8 Å². The van der Waals surface area contributed by atoms with Crippen molar-refractivity contribution >= 4 is 27.6 Å². The molecule has 0 aliphatic heterocycles. The molecule has 0 unspecified atom stereocenters. The minimum absolute atomic E-state index is 0.496. The average Bonchev–Trinajstić information content (AvgIpc) is 2.25. The first-order valence-corrected chi connectivity index (χ1v) is 6.82. The molecule has 1 aromatic heterocycles. The van der Waals surface area contributed by atoms with Crippen molar-refractivity contribution in [3.63, 3.8) is 0 Å². The molecule has 6 heteroatoms. The lowest BCUT2D eigenvalue weighted by atomic mass is 10.1. The van der Waals surface area contributed by atoms with Crippen LogP contribution in [0, 0.1) is 0 Å². The molecule has 5 nitrogen and oxygen atoms in total. The van der Waals surface area contributed by atoms with Gasteiger partial charge in [-0.3, -0.25) is 0 Å². The van der Waals surface area contributed by atoms with Crippen LogP contribution in [-0.2, 0) is 0 Å². The lowest BCUT2D eigenvalue weighted by Crippen LogP contribution is -2.36. The van der Waals surface area contributed by atoms with E-state index in [2.05, 4.69) is 38.1 Å². The lowest BCUT2D eigenvalue weighted by molar-refractivity contribution is 0.0884. The molecule has 0 aromatic carbocycles. The smallest absolute Gasteiger partial charge is 0.148 e. The first kappa shape index (κ1) is 15.2. The molecule has 0 amide bonds. The number of nitrogens with zero attached hydrogens (tertiary/aromatic N) is 3. The van der Waals surface area contributed by atoms with Gasteiger partial charge in [-0.2, -0.15) is 0 Å². The third-order valence-electron chi connectivity index (χ3n) is 2.30. The molecule has 0 saturated heterocycles. The van der Waals surface area contributed by atoms with Crippen molar-refractivity contribution in [3.8, 4) is 0 Å². The Kier molecular flexibility index (Phi) is 5.34. The lowest BCUT2D eigenvalue weighted by Gasteiger charge is -2.27. The van der Waals surface area contributed by atoms with E-state index < -0.39 is 5.60 Å². The first-order valence-electron chi connectivity index (χ1n) is 6.03. The Labute approximate surface area is 117 Å². The van der Waals surface area contributed by atoms with Gasteiger partial charge in [0, 0.05) is 20.1 Å². The summed E-state index contributed by atoms with van der Waals surface area (Å²) in [6, 6.07) is 0. The number of hydrogen-bond donors (Lipinski definition) is 2. The van der Waals surface area contributed by atoms with Gasteiger partial charge in [-0.05, 0) is 36.2 Å². The summed E-state index contributed by atoms with van der Waals surface area (Å²) in [6.45, 7) is 7.01. The van der Waals surface area contributed by atoms with Crippen molar-refractivity contribution in [2.24, 2.45) is 0 Å². The van der Waals surface area contributed by atoms with E-state index in [1.165, 1.54) is 6.33 Å². The molecule has 0 fully saturated rings. The molecule has 0 bridgehead atoms. The van der Waals surface area contributed by atoms with Gasteiger partial charge in [-0.25, -0.2) is 9.97 Å². The number of hydrogen-bond acceptors (Lipinski definition) is 5. The average molecular weight is 317 g/mol. The molecule has 0 aliphatic rings. The molecule has 0 aliphatic carbocycles. The maximum absolute atomic E-state index is 9.83. The maximum atomic E-state index is 9.83. The van der Waals surface area contributed by atoms with E-state index in [0.717, 1.165) is 29.1 Å². The van der Waals surface area contributed by atoms with Crippen molar-refractivity contribution in [2.75, 3.05) is 30.4 Å². The fourth-order valence-electron chi connectivity index (χ4n) is 1.65. The van der Waals surface area contributed by atoms with Gasteiger partial charge in [0.2, 0.25) is 0 Å². The Morgan fingerprint density at radius 1 is 1.44 bits per heavy atom. The molecule has 18 heavy (non-hydrogen) atoms. The van der Waals surface area contributed by atoms with E-state index in [4.69, 9.17) is 0 Å². The minimum atomic E-state index is -0.768. The van der Waals surface area contributed by atoms with Gasteiger partial charge in [0.15, 0.2) is 0 Å². The van der Waals surface area contributed by atoms with Gasteiger partial charge < -0.3 is 15.3 Å². The number of likely N-dealkylation sites (N-methyl/N-ethyl adjacent to an activating group) is 1. The predicted molar refractivity (Wildman–Crippen MR) is 78.1 cm³/mol. The van der Waals surface area contributed by atoms with Crippen LogP contribution in [0.25, 0.3) is 0 Å². The second-order valence-electron chi connectivity index (χ2n) is 4.96. The summed E-state index contributed by atoms with van der Waals surface area (Å²) < 4.78 is 0.824. The Bertz CT molecular complexity index is 392. The van der Waals surface area contributed by atoms with Crippen LogP contribution in [-0.4, -0.2) is 40.8 Å². The SMILES string of the molecule is CCCNc1ncnc(N(C)CC(C)(C)O)c1Br. The fraction of sp³-hybridized carbons (Fsp3) is 0.667. The van der Waals surface area contributed by atoms with E-state index in [1.54, 1.807) is 13.8 Å². The molecule has 0 atom stereocenters. The van der Waals surface area contributed by atoms with Crippen LogP contribution in [0.5, 0.6) is 0 Å². The molecular weight excluding hydrogens is 296 g/mol. The largest absolute Gasteiger partial charge is 0.389 e. The molecule has 0 radical (unpaired) electrons. The standard InChI is InChI=1S/C12H21BrN4O/c1-5-6-14-10-9(13)11(16-8-15-10)17(4)7-12(2,3)18/h8,18H,5-7H2,1-4H3,(H,14,15,16). The van der Waals surface area contributed by atoms with Crippen LogP contribution in [0.4, 0.5) is 11.6 Å². The molecule has 102 valence electrons. The van der Waals surface area contributed by atoms with Crippen LogP contribution in [0.2, 0.25) is 0 Å². The Hall–Kier alpha value is -0.880. The van der Waals surface area contributed by atoms with Crippen molar-refractivity contribution in [1.29, 1.82) is 0 Å². The van der Waals surface area contributed by atoms with Crippen molar-refractivity contribution in [2.45, 2.75) is 32.8 Å². The van der Waals surface area contributed by atoms with Crippen LogP contribution in [0.3, 0.4) is 0 Å². The van der Waals surface area contributed by atoms with Crippen molar-refractivity contribution in [3.05, 3.63) is 10.8 Å². The summed E-state index contributed by atoms with van der Waals surface area (Å²) >= 11 is 3.51. The fourth-order valence-corrected chi connectivity index (χ4v) is 2.30. The van der Waals surface area contributed by atoms with Gasteiger partial charge in [0.25, 0.3) is 0 Å². The van der Waals surface area contributed by atoms with E-state index in [0.29, 0.717) is 6.54 Å². The monoisotopic (exact) mass is 316 g/mol. The van der Waals surface area contributed by atoms with E-state index in [9.17, 15) is 5.11 Å².